The van der Waals surface area contributed by atoms with Gasteiger partial charge in [-0.15, -0.1) is 0 Å². The van der Waals surface area contributed by atoms with Gasteiger partial charge >= 0.3 is 0 Å². The molecule has 1 atom stereocenters. The summed E-state index contributed by atoms with van der Waals surface area (Å²) >= 11 is 5.87. The number of sulfonamides is 1. The predicted octanol–water partition coefficient (Wildman–Crippen LogP) is 4.65. The van der Waals surface area contributed by atoms with E-state index in [9.17, 15) is 8.42 Å². The first kappa shape index (κ1) is 15.9. The molecule has 5 heteroatoms. The predicted molar refractivity (Wildman–Crippen MR) is 87.4 cm³/mol. The molecule has 0 aromatic heterocycles. The summed E-state index contributed by atoms with van der Waals surface area (Å²) in [5, 5.41) is 0.396. The zero-order valence-electron chi connectivity index (χ0n) is 12.0. The molecule has 0 heterocycles. The number of para-hydroxylation sites is 1. The van der Waals surface area contributed by atoms with Crippen LogP contribution in [0.5, 0.6) is 0 Å². The minimum absolute atomic E-state index is 0.161. The van der Waals surface area contributed by atoms with Crippen molar-refractivity contribution < 1.29 is 8.42 Å². The van der Waals surface area contributed by atoms with Gasteiger partial charge in [-0.2, -0.15) is 0 Å². The number of benzene rings is 2. The fourth-order valence-electron chi connectivity index (χ4n) is 2.08. The third-order valence-corrected chi connectivity index (χ3v) is 5.05. The lowest BCUT2D eigenvalue weighted by molar-refractivity contribution is 0.601. The lowest BCUT2D eigenvalue weighted by Gasteiger charge is -2.16. The van der Waals surface area contributed by atoms with E-state index in [2.05, 4.69) is 18.6 Å². The standard InChI is InChI=1S/C16H18ClNO2S/c1-3-12(2)15-9-4-5-10-16(15)18-21(19,20)14-8-6-7-13(17)11-14/h4-12,18H,3H2,1-2H3/t12-/m1/s1. The van der Waals surface area contributed by atoms with Crippen LogP contribution in [0.15, 0.2) is 53.4 Å². The fourth-order valence-corrected chi connectivity index (χ4v) is 3.47. The second-order valence-corrected chi connectivity index (χ2v) is 7.08. The van der Waals surface area contributed by atoms with E-state index < -0.39 is 10.0 Å². The quantitative estimate of drug-likeness (QED) is 0.870. The SMILES string of the molecule is CC[C@@H](C)c1ccccc1NS(=O)(=O)c1cccc(Cl)c1. The molecular weight excluding hydrogens is 306 g/mol. The van der Waals surface area contributed by atoms with E-state index in [-0.39, 0.29) is 10.8 Å². The molecule has 1 N–H and O–H groups in total. The number of hydrogen-bond donors (Lipinski definition) is 1. The number of halogens is 1. The van der Waals surface area contributed by atoms with Crippen molar-refractivity contribution in [2.45, 2.75) is 31.1 Å². The Morgan fingerprint density at radius 3 is 2.52 bits per heavy atom. The van der Waals surface area contributed by atoms with Gasteiger partial charge in [0.05, 0.1) is 10.6 Å². The maximum absolute atomic E-state index is 12.4. The second kappa shape index (κ2) is 6.50. The Kier molecular flexibility index (Phi) is 4.91. The Morgan fingerprint density at radius 1 is 1.14 bits per heavy atom. The van der Waals surface area contributed by atoms with Crippen LogP contribution in [0.4, 0.5) is 5.69 Å². The van der Waals surface area contributed by atoms with Crippen molar-refractivity contribution in [1.29, 1.82) is 0 Å². The topological polar surface area (TPSA) is 46.2 Å². The van der Waals surface area contributed by atoms with Crippen molar-refractivity contribution in [2.75, 3.05) is 4.72 Å². The summed E-state index contributed by atoms with van der Waals surface area (Å²) in [4.78, 5) is 0.161. The minimum Gasteiger partial charge on any atom is -0.279 e. The van der Waals surface area contributed by atoms with Gasteiger partial charge in [-0.1, -0.05) is 49.7 Å². The van der Waals surface area contributed by atoms with Gasteiger partial charge in [0.2, 0.25) is 0 Å². The first-order chi connectivity index (χ1) is 9.94. The van der Waals surface area contributed by atoms with Crippen LogP contribution >= 0.6 is 11.6 Å². The van der Waals surface area contributed by atoms with E-state index in [0.29, 0.717) is 10.7 Å². The summed E-state index contributed by atoms with van der Waals surface area (Å²) < 4.78 is 27.6. The molecule has 0 saturated heterocycles. The van der Waals surface area contributed by atoms with Gasteiger partial charge in [0.1, 0.15) is 0 Å². The third-order valence-electron chi connectivity index (χ3n) is 3.45. The third kappa shape index (κ3) is 3.77. The van der Waals surface area contributed by atoms with Crippen LogP contribution < -0.4 is 4.72 Å². The molecule has 0 aliphatic rings. The van der Waals surface area contributed by atoms with E-state index in [4.69, 9.17) is 11.6 Å². The van der Waals surface area contributed by atoms with Crippen molar-refractivity contribution in [3.05, 3.63) is 59.1 Å². The number of hydrogen-bond acceptors (Lipinski definition) is 2. The van der Waals surface area contributed by atoms with E-state index in [0.717, 1.165) is 12.0 Å². The lowest BCUT2D eigenvalue weighted by Crippen LogP contribution is -2.14. The Bertz CT molecular complexity index is 729. The summed E-state index contributed by atoms with van der Waals surface area (Å²) in [6, 6.07) is 13.7. The average molecular weight is 324 g/mol. The first-order valence-electron chi connectivity index (χ1n) is 6.81. The molecule has 0 spiro atoms. The minimum atomic E-state index is -3.63. The zero-order valence-corrected chi connectivity index (χ0v) is 13.6. The van der Waals surface area contributed by atoms with Crippen LogP contribution in [0, 0.1) is 0 Å². The number of anilines is 1. The molecule has 0 amide bonds. The van der Waals surface area contributed by atoms with Crippen LogP contribution in [-0.4, -0.2) is 8.42 Å². The van der Waals surface area contributed by atoms with Crippen LogP contribution in [0.1, 0.15) is 31.7 Å². The monoisotopic (exact) mass is 323 g/mol. The molecule has 0 saturated carbocycles. The maximum Gasteiger partial charge on any atom is 0.261 e. The van der Waals surface area contributed by atoms with Gasteiger partial charge in [-0.25, -0.2) is 8.42 Å². The van der Waals surface area contributed by atoms with Crippen molar-refractivity contribution in [2.24, 2.45) is 0 Å². The van der Waals surface area contributed by atoms with Gasteiger partial charge in [-0.3, -0.25) is 4.72 Å². The lowest BCUT2D eigenvalue weighted by atomic mass is 9.97. The summed E-state index contributed by atoms with van der Waals surface area (Å²) in [7, 11) is -3.63. The molecule has 0 bridgehead atoms. The molecule has 0 aliphatic heterocycles. The normalized spacial score (nSPS) is 12.9. The summed E-state index contributed by atoms with van der Waals surface area (Å²) in [5.41, 5.74) is 1.61. The molecular formula is C16H18ClNO2S. The average Bonchev–Trinajstić information content (AvgIpc) is 2.46. The molecule has 2 aromatic carbocycles. The fraction of sp³-hybridized carbons (Fsp3) is 0.250. The highest BCUT2D eigenvalue weighted by Crippen LogP contribution is 2.28. The Labute approximate surface area is 131 Å². The highest BCUT2D eigenvalue weighted by atomic mass is 35.5. The summed E-state index contributed by atoms with van der Waals surface area (Å²) in [6.07, 6.45) is 0.940. The van der Waals surface area contributed by atoms with Gasteiger partial charge in [0.25, 0.3) is 10.0 Å². The van der Waals surface area contributed by atoms with Crippen LogP contribution in [-0.2, 0) is 10.0 Å². The van der Waals surface area contributed by atoms with Crippen LogP contribution in [0.3, 0.4) is 0 Å². The Hall–Kier alpha value is -1.52. The van der Waals surface area contributed by atoms with Crippen molar-refractivity contribution in [3.63, 3.8) is 0 Å². The molecule has 0 fully saturated rings. The van der Waals surface area contributed by atoms with Crippen molar-refractivity contribution >= 4 is 27.3 Å². The van der Waals surface area contributed by atoms with Crippen molar-refractivity contribution in [1.82, 2.24) is 0 Å². The smallest absolute Gasteiger partial charge is 0.261 e. The first-order valence-corrected chi connectivity index (χ1v) is 8.67. The molecule has 0 unspecified atom stereocenters. The molecule has 0 radical (unpaired) electrons. The molecule has 2 rings (SSSR count). The zero-order chi connectivity index (χ0) is 15.5. The van der Waals surface area contributed by atoms with Gasteiger partial charge < -0.3 is 0 Å². The van der Waals surface area contributed by atoms with Crippen LogP contribution in [0.25, 0.3) is 0 Å². The highest BCUT2D eigenvalue weighted by Gasteiger charge is 2.17. The van der Waals surface area contributed by atoms with E-state index >= 15 is 0 Å². The molecule has 21 heavy (non-hydrogen) atoms. The van der Waals surface area contributed by atoms with Crippen LogP contribution in [0.2, 0.25) is 5.02 Å². The Morgan fingerprint density at radius 2 is 1.86 bits per heavy atom. The van der Waals surface area contributed by atoms with E-state index in [1.165, 1.54) is 12.1 Å². The largest absolute Gasteiger partial charge is 0.279 e. The van der Waals surface area contributed by atoms with Gasteiger partial charge in [0, 0.05) is 5.02 Å². The number of nitrogens with one attached hydrogen (secondary N) is 1. The molecule has 2 aromatic rings. The van der Waals surface area contributed by atoms with E-state index in [1.54, 1.807) is 18.2 Å². The van der Waals surface area contributed by atoms with Gasteiger partial charge in [0.15, 0.2) is 0 Å². The Balaban J connectivity index is 2.38. The number of rotatable bonds is 5. The maximum atomic E-state index is 12.4. The summed E-state index contributed by atoms with van der Waals surface area (Å²) in [5.74, 6) is 0.281. The summed E-state index contributed by atoms with van der Waals surface area (Å²) in [6.45, 7) is 4.15. The van der Waals surface area contributed by atoms with E-state index in [1.807, 2.05) is 18.2 Å². The molecule has 112 valence electrons. The highest BCUT2D eigenvalue weighted by molar-refractivity contribution is 7.92. The van der Waals surface area contributed by atoms with Crippen molar-refractivity contribution in [3.8, 4) is 0 Å². The second-order valence-electron chi connectivity index (χ2n) is 4.96. The van der Waals surface area contributed by atoms with Gasteiger partial charge in [-0.05, 0) is 42.2 Å². The molecule has 3 nitrogen and oxygen atoms in total. The molecule has 0 aliphatic carbocycles.